The highest BCUT2D eigenvalue weighted by Gasteiger charge is 1.98. The summed E-state index contributed by atoms with van der Waals surface area (Å²) in [6, 6.07) is 0.469. The van der Waals surface area contributed by atoms with Crippen LogP contribution in [0.4, 0.5) is 0 Å². The van der Waals surface area contributed by atoms with Gasteiger partial charge in [0.15, 0.2) is 0 Å². The van der Waals surface area contributed by atoms with Gasteiger partial charge < -0.3 is 5.73 Å². The number of rotatable bonds is 6. The fraction of sp³-hybridized carbons (Fsp3) is 1.00. The van der Waals surface area contributed by atoms with Crippen LogP contribution in [0.5, 0.6) is 0 Å². The van der Waals surface area contributed by atoms with Crippen molar-refractivity contribution in [3.63, 3.8) is 0 Å². The lowest BCUT2D eigenvalue weighted by Crippen LogP contribution is -2.18. The highest BCUT2D eigenvalue weighted by Crippen LogP contribution is 2.05. The molecule has 1 heteroatoms. The van der Waals surface area contributed by atoms with E-state index in [4.69, 9.17) is 5.73 Å². The van der Waals surface area contributed by atoms with Crippen LogP contribution in [0.3, 0.4) is 0 Å². The van der Waals surface area contributed by atoms with Crippen molar-refractivity contribution in [2.75, 3.05) is 0 Å². The van der Waals surface area contributed by atoms with Crippen molar-refractivity contribution >= 4 is 0 Å². The molecule has 0 bridgehead atoms. The van der Waals surface area contributed by atoms with Gasteiger partial charge in [-0.25, -0.2) is 0 Å². The van der Waals surface area contributed by atoms with E-state index in [1.807, 2.05) is 0 Å². The van der Waals surface area contributed by atoms with Gasteiger partial charge in [0, 0.05) is 6.04 Å². The first-order chi connectivity index (χ1) is 4.81. The Morgan fingerprint density at radius 2 is 1.70 bits per heavy atom. The molecule has 0 aromatic heterocycles. The van der Waals surface area contributed by atoms with Crippen molar-refractivity contribution in [2.24, 2.45) is 5.73 Å². The lowest BCUT2D eigenvalue weighted by atomic mass is 10.1. The summed E-state index contributed by atoms with van der Waals surface area (Å²) >= 11 is 0. The molecule has 10 heavy (non-hydrogen) atoms. The van der Waals surface area contributed by atoms with E-state index in [1.165, 1.54) is 38.5 Å². The second kappa shape index (κ2) is 7.07. The maximum Gasteiger partial charge on any atom is 0.00387 e. The molecule has 1 atom stereocenters. The molecule has 0 aliphatic rings. The summed E-state index contributed by atoms with van der Waals surface area (Å²) in [6.45, 7) is 4.42. The van der Waals surface area contributed by atoms with E-state index in [2.05, 4.69) is 13.8 Å². The Hall–Kier alpha value is -0.0400. The predicted octanol–water partition coefficient (Wildman–Crippen LogP) is 2.69. The standard InChI is InChI=1S/C9H21N/c1-3-5-6-8-9(10)7-4-2/h9H,3-8,10H2,1-2H3/t9-/m0/s1. The van der Waals surface area contributed by atoms with Crippen LogP contribution in [0.15, 0.2) is 0 Å². The summed E-state index contributed by atoms with van der Waals surface area (Å²) in [6.07, 6.45) is 7.62. The van der Waals surface area contributed by atoms with Crippen LogP contribution in [0.25, 0.3) is 0 Å². The molecule has 0 unspecified atom stereocenters. The highest BCUT2D eigenvalue weighted by atomic mass is 14.6. The molecule has 2 N–H and O–H groups in total. The van der Waals surface area contributed by atoms with Crippen LogP contribution in [-0.4, -0.2) is 6.04 Å². The average molecular weight is 143 g/mol. The topological polar surface area (TPSA) is 26.0 Å². The van der Waals surface area contributed by atoms with Gasteiger partial charge in [-0.05, 0) is 12.8 Å². The zero-order valence-electron chi connectivity index (χ0n) is 7.40. The first-order valence-electron chi connectivity index (χ1n) is 4.56. The third kappa shape index (κ3) is 6.09. The Morgan fingerprint density at radius 3 is 2.20 bits per heavy atom. The molecule has 0 amide bonds. The van der Waals surface area contributed by atoms with E-state index in [0.717, 1.165) is 0 Å². The van der Waals surface area contributed by atoms with Crippen LogP contribution in [0, 0.1) is 0 Å². The van der Waals surface area contributed by atoms with Gasteiger partial charge in [-0.15, -0.1) is 0 Å². The molecule has 0 fully saturated rings. The maximum atomic E-state index is 5.82. The smallest absolute Gasteiger partial charge is 0.00387 e. The summed E-state index contributed by atoms with van der Waals surface area (Å²) in [5.41, 5.74) is 5.82. The molecule has 0 aliphatic heterocycles. The van der Waals surface area contributed by atoms with E-state index < -0.39 is 0 Å². The Kier molecular flexibility index (Phi) is 7.04. The van der Waals surface area contributed by atoms with Crippen molar-refractivity contribution in [3.05, 3.63) is 0 Å². The SMILES string of the molecule is CCCCC[C@@H](N)CCC. The molecule has 0 heterocycles. The molecule has 1 nitrogen and oxygen atoms in total. The molecular weight excluding hydrogens is 122 g/mol. The fourth-order valence-electron chi connectivity index (χ4n) is 1.17. The molecule has 0 aromatic carbocycles. The van der Waals surface area contributed by atoms with Crippen molar-refractivity contribution in [1.82, 2.24) is 0 Å². The van der Waals surface area contributed by atoms with Crippen molar-refractivity contribution in [2.45, 2.75) is 58.4 Å². The molecule has 0 rings (SSSR count). The summed E-state index contributed by atoms with van der Waals surface area (Å²) < 4.78 is 0. The van der Waals surface area contributed by atoms with Gasteiger partial charge in [-0.3, -0.25) is 0 Å². The number of nitrogens with two attached hydrogens (primary N) is 1. The molecule has 62 valence electrons. The van der Waals surface area contributed by atoms with E-state index in [9.17, 15) is 0 Å². The van der Waals surface area contributed by atoms with E-state index in [0.29, 0.717) is 6.04 Å². The summed E-state index contributed by atoms with van der Waals surface area (Å²) in [7, 11) is 0. The van der Waals surface area contributed by atoms with Crippen LogP contribution in [0.1, 0.15) is 52.4 Å². The molecule has 0 spiro atoms. The van der Waals surface area contributed by atoms with Gasteiger partial charge in [0.1, 0.15) is 0 Å². The molecule has 0 radical (unpaired) electrons. The minimum Gasteiger partial charge on any atom is -0.328 e. The van der Waals surface area contributed by atoms with Crippen LogP contribution >= 0.6 is 0 Å². The van der Waals surface area contributed by atoms with Gasteiger partial charge in [0.25, 0.3) is 0 Å². The monoisotopic (exact) mass is 143 g/mol. The van der Waals surface area contributed by atoms with Crippen LogP contribution in [-0.2, 0) is 0 Å². The van der Waals surface area contributed by atoms with Crippen molar-refractivity contribution in [1.29, 1.82) is 0 Å². The summed E-state index contributed by atoms with van der Waals surface area (Å²) in [5, 5.41) is 0. The van der Waals surface area contributed by atoms with E-state index >= 15 is 0 Å². The molecular formula is C9H21N. The molecule has 0 saturated carbocycles. The van der Waals surface area contributed by atoms with Gasteiger partial charge >= 0.3 is 0 Å². The first-order valence-corrected chi connectivity index (χ1v) is 4.56. The molecule has 0 aliphatic carbocycles. The Bertz CT molecular complexity index is 61.7. The lowest BCUT2D eigenvalue weighted by molar-refractivity contribution is 0.524. The Balaban J connectivity index is 2.97. The molecule has 0 saturated heterocycles. The zero-order valence-corrected chi connectivity index (χ0v) is 7.40. The van der Waals surface area contributed by atoms with E-state index in [1.54, 1.807) is 0 Å². The third-order valence-electron chi connectivity index (χ3n) is 1.84. The predicted molar refractivity (Wildman–Crippen MR) is 47.0 cm³/mol. The third-order valence-corrected chi connectivity index (χ3v) is 1.84. The highest BCUT2D eigenvalue weighted by molar-refractivity contribution is 4.59. The second-order valence-corrected chi connectivity index (χ2v) is 3.04. The van der Waals surface area contributed by atoms with Crippen molar-refractivity contribution in [3.8, 4) is 0 Å². The Labute approximate surface area is 65.0 Å². The van der Waals surface area contributed by atoms with Crippen LogP contribution < -0.4 is 5.73 Å². The van der Waals surface area contributed by atoms with Gasteiger partial charge in [-0.2, -0.15) is 0 Å². The first kappa shape index (κ1) is 9.96. The van der Waals surface area contributed by atoms with Gasteiger partial charge in [0.05, 0.1) is 0 Å². The lowest BCUT2D eigenvalue weighted by Gasteiger charge is -2.08. The van der Waals surface area contributed by atoms with Gasteiger partial charge in [-0.1, -0.05) is 39.5 Å². The quantitative estimate of drug-likeness (QED) is 0.568. The largest absolute Gasteiger partial charge is 0.328 e. The Morgan fingerprint density at radius 1 is 1.00 bits per heavy atom. The number of unbranched alkanes of at least 4 members (excludes halogenated alkanes) is 2. The van der Waals surface area contributed by atoms with Crippen molar-refractivity contribution < 1.29 is 0 Å². The second-order valence-electron chi connectivity index (χ2n) is 3.04. The number of hydrogen-bond acceptors (Lipinski definition) is 1. The molecule has 0 aromatic rings. The fourth-order valence-corrected chi connectivity index (χ4v) is 1.17. The van der Waals surface area contributed by atoms with E-state index in [-0.39, 0.29) is 0 Å². The maximum absolute atomic E-state index is 5.82. The minimum absolute atomic E-state index is 0.469. The zero-order chi connectivity index (χ0) is 7.82. The average Bonchev–Trinajstić information content (AvgIpc) is 1.89. The van der Waals surface area contributed by atoms with Gasteiger partial charge in [0.2, 0.25) is 0 Å². The minimum atomic E-state index is 0.469. The summed E-state index contributed by atoms with van der Waals surface area (Å²) in [4.78, 5) is 0. The number of hydrogen-bond donors (Lipinski definition) is 1. The normalized spacial score (nSPS) is 13.5. The van der Waals surface area contributed by atoms with Crippen LogP contribution in [0.2, 0.25) is 0 Å². The summed E-state index contributed by atoms with van der Waals surface area (Å²) in [5.74, 6) is 0.